The zero-order chi connectivity index (χ0) is 23.0. The molecular weight excluding hydrogens is 412 g/mol. The molecule has 0 aromatic heterocycles. The molecule has 168 valence electrons. The van der Waals surface area contributed by atoms with E-state index in [2.05, 4.69) is 5.32 Å². The molecule has 6 heteroatoms. The van der Waals surface area contributed by atoms with Crippen molar-refractivity contribution in [2.75, 3.05) is 13.2 Å². The number of amides is 2. The average Bonchev–Trinajstić information content (AvgIpc) is 2.74. The fraction of sp³-hybridized carbons (Fsp3) is 0.440. The molecule has 0 saturated carbocycles. The van der Waals surface area contributed by atoms with Gasteiger partial charge >= 0.3 is 0 Å². The summed E-state index contributed by atoms with van der Waals surface area (Å²) in [6.45, 7) is 10.6. The number of nitrogens with zero attached hydrogens (tertiary/aromatic N) is 1. The highest BCUT2D eigenvalue weighted by molar-refractivity contribution is 6.31. The average molecular weight is 445 g/mol. The summed E-state index contributed by atoms with van der Waals surface area (Å²) in [6.07, 6.45) is 0.490. The summed E-state index contributed by atoms with van der Waals surface area (Å²) in [7, 11) is 0. The van der Waals surface area contributed by atoms with Gasteiger partial charge in [0.15, 0.2) is 6.61 Å². The van der Waals surface area contributed by atoms with Crippen molar-refractivity contribution in [1.82, 2.24) is 10.2 Å². The molecule has 0 fully saturated rings. The Balaban J connectivity index is 2.24. The molecule has 1 atom stereocenters. The first kappa shape index (κ1) is 24.7. The molecule has 0 unspecified atom stereocenters. The van der Waals surface area contributed by atoms with Crippen molar-refractivity contribution in [3.05, 3.63) is 64.2 Å². The number of hydrogen-bond acceptors (Lipinski definition) is 3. The third-order valence-electron chi connectivity index (χ3n) is 5.28. The first-order valence-corrected chi connectivity index (χ1v) is 11.1. The van der Waals surface area contributed by atoms with Crippen molar-refractivity contribution in [2.24, 2.45) is 5.92 Å². The number of ether oxygens (including phenoxy) is 1. The Morgan fingerprint density at radius 1 is 1.10 bits per heavy atom. The quantitative estimate of drug-likeness (QED) is 0.566. The number of carbonyl (C=O) groups excluding carboxylic acids is 2. The van der Waals surface area contributed by atoms with E-state index >= 15 is 0 Å². The van der Waals surface area contributed by atoms with Crippen LogP contribution in [0.25, 0.3) is 0 Å². The van der Waals surface area contributed by atoms with Crippen LogP contribution in [0.3, 0.4) is 0 Å². The van der Waals surface area contributed by atoms with E-state index in [1.165, 1.54) is 0 Å². The van der Waals surface area contributed by atoms with E-state index in [1.807, 2.05) is 71.0 Å². The minimum atomic E-state index is -0.607. The van der Waals surface area contributed by atoms with Gasteiger partial charge in [-0.3, -0.25) is 9.59 Å². The van der Waals surface area contributed by atoms with Crippen LogP contribution in [0.4, 0.5) is 0 Å². The van der Waals surface area contributed by atoms with E-state index in [0.717, 1.165) is 16.7 Å². The molecule has 5 nitrogen and oxygen atoms in total. The van der Waals surface area contributed by atoms with Crippen molar-refractivity contribution < 1.29 is 14.3 Å². The monoisotopic (exact) mass is 444 g/mol. The summed E-state index contributed by atoms with van der Waals surface area (Å²) in [6, 6.07) is 12.5. The lowest BCUT2D eigenvalue weighted by Gasteiger charge is -2.31. The predicted molar refractivity (Wildman–Crippen MR) is 125 cm³/mol. The van der Waals surface area contributed by atoms with E-state index in [4.69, 9.17) is 16.3 Å². The fourth-order valence-electron chi connectivity index (χ4n) is 3.26. The Hall–Kier alpha value is -2.53. The van der Waals surface area contributed by atoms with Gasteiger partial charge in [0.25, 0.3) is 5.91 Å². The van der Waals surface area contributed by atoms with Crippen molar-refractivity contribution in [3.8, 4) is 5.75 Å². The topological polar surface area (TPSA) is 58.6 Å². The van der Waals surface area contributed by atoms with Crippen molar-refractivity contribution >= 4 is 23.4 Å². The fourth-order valence-corrected chi connectivity index (χ4v) is 3.45. The van der Waals surface area contributed by atoms with E-state index in [9.17, 15) is 9.59 Å². The molecule has 2 rings (SSSR count). The molecule has 1 N–H and O–H groups in total. The first-order chi connectivity index (χ1) is 14.7. The van der Waals surface area contributed by atoms with Crippen molar-refractivity contribution in [2.45, 2.75) is 53.6 Å². The first-order valence-electron chi connectivity index (χ1n) is 10.7. The zero-order valence-corrected chi connectivity index (χ0v) is 19.8. The highest BCUT2D eigenvalue weighted by atomic mass is 35.5. The number of benzene rings is 2. The van der Waals surface area contributed by atoms with E-state index in [1.54, 1.807) is 11.0 Å². The number of hydrogen-bond donors (Lipinski definition) is 1. The van der Waals surface area contributed by atoms with E-state index < -0.39 is 6.04 Å². The number of carbonyl (C=O) groups is 2. The summed E-state index contributed by atoms with van der Waals surface area (Å²) in [5.74, 6) is 0.570. The normalized spacial score (nSPS) is 11.8. The van der Waals surface area contributed by atoms with Crippen LogP contribution in [0.1, 0.15) is 43.9 Å². The standard InChI is InChI=1S/C25H33ClN2O3/c1-6-22(25(30)27-14-17(2)3)28(15-20-11-7-8-12-21(20)26)24(29)16-31-23-13-9-10-18(4)19(23)5/h7-13,17,22H,6,14-16H2,1-5H3,(H,27,30)/t22-/m0/s1. The minimum absolute atomic E-state index is 0.150. The molecule has 31 heavy (non-hydrogen) atoms. The summed E-state index contributed by atoms with van der Waals surface area (Å²) in [5, 5.41) is 3.52. The summed E-state index contributed by atoms with van der Waals surface area (Å²) < 4.78 is 5.85. The van der Waals surface area contributed by atoms with Crippen LogP contribution in [-0.2, 0) is 16.1 Å². The van der Waals surface area contributed by atoms with Crippen LogP contribution in [-0.4, -0.2) is 35.9 Å². The van der Waals surface area contributed by atoms with Gasteiger partial charge in [-0.25, -0.2) is 0 Å². The van der Waals surface area contributed by atoms with E-state index in [-0.39, 0.29) is 25.0 Å². The molecule has 0 spiro atoms. The van der Waals surface area contributed by atoms with Crippen LogP contribution in [0.2, 0.25) is 5.02 Å². The minimum Gasteiger partial charge on any atom is -0.483 e. The molecule has 0 saturated heterocycles. The number of aryl methyl sites for hydroxylation is 1. The second-order valence-corrected chi connectivity index (χ2v) is 8.57. The van der Waals surface area contributed by atoms with Gasteiger partial charge in [0.1, 0.15) is 11.8 Å². The summed E-state index contributed by atoms with van der Waals surface area (Å²) >= 11 is 6.34. The molecule has 2 aromatic carbocycles. The zero-order valence-electron chi connectivity index (χ0n) is 19.1. The molecule has 0 aliphatic carbocycles. The SMILES string of the molecule is CC[C@@H](C(=O)NCC(C)C)N(Cc1ccccc1Cl)C(=O)COc1cccc(C)c1C. The lowest BCUT2D eigenvalue weighted by Crippen LogP contribution is -2.50. The molecule has 2 amide bonds. The Kier molecular flexibility index (Phi) is 9.38. The van der Waals surface area contributed by atoms with Crippen LogP contribution in [0, 0.1) is 19.8 Å². The molecule has 0 aliphatic heterocycles. The Morgan fingerprint density at radius 3 is 2.45 bits per heavy atom. The molecule has 0 heterocycles. The highest BCUT2D eigenvalue weighted by Gasteiger charge is 2.29. The summed E-state index contributed by atoms with van der Waals surface area (Å²) in [5.41, 5.74) is 2.88. The van der Waals surface area contributed by atoms with Crippen LogP contribution >= 0.6 is 11.6 Å². The smallest absolute Gasteiger partial charge is 0.261 e. The van der Waals surface area contributed by atoms with Crippen molar-refractivity contribution in [1.29, 1.82) is 0 Å². The molecule has 2 aromatic rings. The lowest BCUT2D eigenvalue weighted by atomic mass is 10.1. The molecule has 0 aliphatic rings. The predicted octanol–water partition coefficient (Wildman–Crippen LogP) is 4.92. The molecule has 0 bridgehead atoms. The summed E-state index contributed by atoms with van der Waals surface area (Å²) in [4.78, 5) is 27.7. The Morgan fingerprint density at radius 2 is 1.81 bits per heavy atom. The van der Waals surface area contributed by atoms with Gasteiger partial charge in [-0.2, -0.15) is 0 Å². The third kappa shape index (κ3) is 7.00. The van der Waals surface area contributed by atoms with Crippen LogP contribution < -0.4 is 10.1 Å². The van der Waals surface area contributed by atoms with Gasteiger partial charge in [-0.1, -0.05) is 62.7 Å². The molecular formula is C25H33ClN2O3. The van der Waals surface area contributed by atoms with E-state index in [0.29, 0.717) is 29.7 Å². The van der Waals surface area contributed by atoms with Crippen molar-refractivity contribution in [3.63, 3.8) is 0 Å². The van der Waals surface area contributed by atoms with Gasteiger partial charge in [0.2, 0.25) is 5.91 Å². The third-order valence-corrected chi connectivity index (χ3v) is 5.64. The van der Waals surface area contributed by atoms with Gasteiger partial charge in [-0.05, 0) is 55.0 Å². The van der Waals surface area contributed by atoms with Gasteiger partial charge in [0, 0.05) is 18.1 Å². The maximum atomic E-state index is 13.2. The van der Waals surface area contributed by atoms with Crippen LogP contribution in [0.15, 0.2) is 42.5 Å². The molecule has 0 radical (unpaired) electrons. The second-order valence-electron chi connectivity index (χ2n) is 8.16. The second kappa shape index (κ2) is 11.8. The van der Waals surface area contributed by atoms with Gasteiger partial charge in [-0.15, -0.1) is 0 Å². The van der Waals surface area contributed by atoms with Crippen LogP contribution in [0.5, 0.6) is 5.75 Å². The van der Waals surface area contributed by atoms with Gasteiger partial charge in [0.05, 0.1) is 0 Å². The van der Waals surface area contributed by atoms with Gasteiger partial charge < -0.3 is 15.0 Å². The number of halogens is 1. The maximum Gasteiger partial charge on any atom is 0.261 e. The Labute approximate surface area is 190 Å². The number of nitrogens with one attached hydrogen (secondary N) is 1. The highest BCUT2D eigenvalue weighted by Crippen LogP contribution is 2.22. The largest absolute Gasteiger partial charge is 0.483 e. The lowest BCUT2D eigenvalue weighted by molar-refractivity contribution is -0.143. The maximum absolute atomic E-state index is 13.2. The Bertz CT molecular complexity index is 898. The number of rotatable bonds is 10.